The Morgan fingerprint density at radius 3 is 2.69 bits per heavy atom. The summed E-state index contributed by atoms with van der Waals surface area (Å²) in [7, 11) is 0. The molecule has 0 rings (SSSR count). The maximum absolute atomic E-state index is 10.6. The zero-order valence-electron chi connectivity index (χ0n) is 8.37. The van der Waals surface area contributed by atoms with E-state index in [4.69, 9.17) is 4.55 Å². The predicted molar refractivity (Wildman–Crippen MR) is 58.1 cm³/mol. The van der Waals surface area contributed by atoms with E-state index in [9.17, 15) is 4.21 Å². The summed E-state index contributed by atoms with van der Waals surface area (Å²) >= 11 is -1.62. The molecule has 0 heterocycles. The molecule has 0 aliphatic carbocycles. The van der Waals surface area contributed by atoms with E-state index in [1.807, 2.05) is 6.08 Å². The van der Waals surface area contributed by atoms with Crippen LogP contribution >= 0.6 is 0 Å². The molecule has 0 aliphatic rings. The molecule has 0 saturated heterocycles. The summed E-state index contributed by atoms with van der Waals surface area (Å²) in [5, 5.41) is 0. The second kappa shape index (κ2) is 8.45. The molecule has 13 heavy (non-hydrogen) atoms. The van der Waals surface area contributed by atoms with Crippen LogP contribution in [0, 0.1) is 5.92 Å². The summed E-state index contributed by atoms with van der Waals surface area (Å²) in [6, 6.07) is 0. The molecule has 0 fully saturated rings. The number of rotatable bonds is 8. The first-order valence-electron chi connectivity index (χ1n) is 4.89. The molecule has 0 aromatic heterocycles. The molecule has 0 spiro atoms. The van der Waals surface area contributed by atoms with Crippen LogP contribution in [0.3, 0.4) is 0 Å². The Hall–Kier alpha value is -0.150. The lowest BCUT2D eigenvalue weighted by Gasteiger charge is -2.11. The number of allylic oxidation sites excluding steroid dienone is 1. The van der Waals surface area contributed by atoms with Gasteiger partial charge in [0.1, 0.15) is 0 Å². The van der Waals surface area contributed by atoms with Crippen molar-refractivity contribution in [3.63, 3.8) is 0 Å². The van der Waals surface area contributed by atoms with E-state index in [1.54, 1.807) is 0 Å². The molecule has 2 atom stereocenters. The first kappa shape index (κ1) is 12.8. The number of hydrogen-bond acceptors (Lipinski definition) is 1. The van der Waals surface area contributed by atoms with Gasteiger partial charge in [-0.3, -0.25) is 0 Å². The Morgan fingerprint density at radius 1 is 1.54 bits per heavy atom. The monoisotopic (exact) mass is 204 g/mol. The Morgan fingerprint density at radius 2 is 2.23 bits per heavy atom. The standard InChI is InChI=1S/C10H20O2S/c1-3-5-6-7-8-10(4-2)9-13(11)12/h3,10H,1,4-9H2,2H3,(H,11,12). The maximum atomic E-state index is 10.6. The van der Waals surface area contributed by atoms with E-state index in [1.165, 1.54) is 0 Å². The lowest BCUT2D eigenvalue weighted by Crippen LogP contribution is -2.09. The van der Waals surface area contributed by atoms with Crippen LogP contribution in [0.4, 0.5) is 0 Å². The lowest BCUT2D eigenvalue weighted by molar-refractivity contribution is 0.472. The third-order valence-electron chi connectivity index (χ3n) is 2.23. The van der Waals surface area contributed by atoms with Crippen molar-refractivity contribution in [2.45, 2.75) is 39.0 Å². The quantitative estimate of drug-likeness (QED) is 0.375. The third-order valence-corrected chi connectivity index (χ3v) is 2.98. The van der Waals surface area contributed by atoms with Gasteiger partial charge in [0.2, 0.25) is 0 Å². The highest BCUT2D eigenvalue weighted by Crippen LogP contribution is 2.14. The van der Waals surface area contributed by atoms with Crippen molar-refractivity contribution in [1.82, 2.24) is 0 Å². The fourth-order valence-corrected chi connectivity index (χ4v) is 2.13. The summed E-state index contributed by atoms with van der Waals surface area (Å²) < 4.78 is 19.3. The molecule has 0 amide bonds. The van der Waals surface area contributed by atoms with E-state index in [2.05, 4.69) is 13.5 Å². The minimum absolute atomic E-state index is 0.413. The van der Waals surface area contributed by atoms with Gasteiger partial charge in [0.15, 0.2) is 11.1 Å². The molecule has 2 nitrogen and oxygen atoms in total. The molecule has 0 radical (unpaired) electrons. The zero-order valence-corrected chi connectivity index (χ0v) is 9.18. The topological polar surface area (TPSA) is 37.3 Å². The van der Waals surface area contributed by atoms with E-state index >= 15 is 0 Å². The molecular formula is C10H20O2S. The highest BCUT2D eigenvalue weighted by Gasteiger charge is 2.08. The van der Waals surface area contributed by atoms with Crippen LogP contribution in [0.2, 0.25) is 0 Å². The summed E-state index contributed by atoms with van der Waals surface area (Å²) in [6.07, 6.45) is 7.33. The lowest BCUT2D eigenvalue weighted by atomic mass is 10.0. The Kier molecular flexibility index (Phi) is 8.35. The number of unbranched alkanes of at least 4 members (excludes halogenated alkanes) is 2. The summed E-state index contributed by atoms with van der Waals surface area (Å²) in [5.74, 6) is 0.848. The van der Waals surface area contributed by atoms with Crippen LogP contribution in [0.15, 0.2) is 12.7 Å². The van der Waals surface area contributed by atoms with E-state index < -0.39 is 11.1 Å². The second-order valence-electron chi connectivity index (χ2n) is 3.34. The van der Waals surface area contributed by atoms with Crippen LogP contribution in [0.1, 0.15) is 39.0 Å². The van der Waals surface area contributed by atoms with Crippen molar-refractivity contribution in [3.05, 3.63) is 12.7 Å². The van der Waals surface area contributed by atoms with Crippen molar-refractivity contribution in [3.8, 4) is 0 Å². The van der Waals surface area contributed by atoms with E-state index in [0.29, 0.717) is 11.7 Å². The van der Waals surface area contributed by atoms with Gasteiger partial charge < -0.3 is 4.55 Å². The molecule has 2 unspecified atom stereocenters. The van der Waals surface area contributed by atoms with Crippen LogP contribution in [0.5, 0.6) is 0 Å². The van der Waals surface area contributed by atoms with Crippen molar-refractivity contribution >= 4 is 11.1 Å². The first-order chi connectivity index (χ1) is 6.20. The van der Waals surface area contributed by atoms with Crippen molar-refractivity contribution in [2.24, 2.45) is 5.92 Å². The van der Waals surface area contributed by atoms with Crippen molar-refractivity contribution in [2.75, 3.05) is 5.75 Å². The van der Waals surface area contributed by atoms with E-state index in [-0.39, 0.29) is 0 Å². The highest BCUT2D eigenvalue weighted by molar-refractivity contribution is 7.79. The summed E-state index contributed by atoms with van der Waals surface area (Å²) in [5.41, 5.74) is 0. The van der Waals surface area contributed by atoms with Crippen LogP contribution in [-0.2, 0) is 11.1 Å². The van der Waals surface area contributed by atoms with Gasteiger partial charge in [-0.15, -0.1) is 6.58 Å². The predicted octanol–water partition coefficient (Wildman–Crippen LogP) is 2.98. The fourth-order valence-electron chi connectivity index (χ4n) is 1.33. The van der Waals surface area contributed by atoms with Gasteiger partial charge in [0.25, 0.3) is 0 Å². The van der Waals surface area contributed by atoms with Gasteiger partial charge in [-0.25, -0.2) is 4.21 Å². The molecule has 0 bridgehead atoms. The molecule has 0 aliphatic heterocycles. The van der Waals surface area contributed by atoms with Gasteiger partial charge in [-0.2, -0.15) is 0 Å². The Balaban J connectivity index is 3.47. The van der Waals surface area contributed by atoms with Gasteiger partial charge in [-0.1, -0.05) is 25.8 Å². The van der Waals surface area contributed by atoms with Crippen molar-refractivity contribution in [1.29, 1.82) is 0 Å². The average Bonchev–Trinajstić information content (AvgIpc) is 2.09. The summed E-state index contributed by atoms with van der Waals surface area (Å²) in [4.78, 5) is 0. The minimum atomic E-state index is -1.62. The Bertz CT molecular complexity index is 157. The molecule has 1 N–H and O–H groups in total. The normalized spacial score (nSPS) is 15.2. The highest BCUT2D eigenvalue weighted by atomic mass is 32.2. The third kappa shape index (κ3) is 8.19. The SMILES string of the molecule is C=CCCCCC(CC)CS(=O)O. The molecule has 78 valence electrons. The molecule has 0 saturated carbocycles. The Labute approximate surface area is 83.7 Å². The van der Waals surface area contributed by atoms with Gasteiger partial charge in [-0.05, 0) is 25.2 Å². The average molecular weight is 204 g/mol. The smallest absolute Gasteiger partial charge is 0.153 e. The summed E-state index contributed by atoms with van der Waals surface area (Å²) in [6.45, 7) is 5.73. The molecule has 0 aromatic carbocycles. The molecule has 3 heteroatoms. The van der Waals surface area contributed by atoms with Crippen LogP contribution < -0.4 is 0 Å². The fraction of sp³-hybridized carbons (Fsp3) is 0.800. The van der Waals surface area contributed by atoms with Gasteiger partial charge >= 0.3 is 0 Å². The molecule has 0 aromatic rings. The van der Waals surface area contributed by atoms with E-state index in [0.717, 1.165) is 32.1 Å². The molecular weight excluding hydrogens is 184 g/mol. The van der Waals surface area contributed by atoms with Gasteiger partial charge in [0.05, 0.1) is 5.75 Å². The first-order valence-corrected chi connectivity index (χ1v) is 6.16. The van der Waals surface area contributed by atoms with Gasteiger partial charge in [0, 0.05) is 0 Å². The largest absolute Gasteiger partial charge is 0.306 e. The van der Waals surface area contributed by atoms with Crippen LogP contribution in [0.25, 0.3) is 0 Å². The second-order valence-corrected chi connectivity index (χ2v) is 4.31. The van der Waals surface area contributed by atoms with Crippen LogP contribution in [-0.4, -0.2) is 14.5 Å². The number of hydrogen-bond donors (Lipinski definition) is 1. The van der Waals surface area contributed by atoms with Crippen molar-refractivity contribution < 1.29 is 8.76 Å². The minimum Gasteiger partial charge on any atom is -0.306 e. The zero-order chi connectivity index (χ0) is 10.1. The maximum Gasteiger partial charge on any atom is 0.153 e.